The third-order valence-electron chi connectivity index (χ3n) is 3.51. The Balaban J connectivity index is 1.69. The summed E-state index contributed by atoms with van der Waals surface area (Å²) in [5, 5.41) is 20.7. The summed E-state index contributed by atoms with van der Waals surface area (Å²) in [6, 6.07) is 9.24. The molecule has 0 radical (unpaired) electrons. The zero-order valence-corrected chi connectivity index (χ0v) is 12.4. The van der Waals surface area contributed by atoms with Crippen LogP contribution in [-0.4, -0.2) is 25.7 Å². The first-order valence-electron chi connectivity index (χ1n) is 7.06. The average Bonchev–Trinajstić information content (AvgIpc) is 3.17. The van der Waals surface area contributed by atoms with Gasteiger partial charge in [0, 0.05) is 23.9 Å². The number of hydrogen-bond acceptors (Lipinski definition) is 5. The summed E-state index contributed by atoms with van der Waals surface area (Å²) in [5.74, 6) is 1.66. The Morgan fingerprint density at radius 3 is 2.86 bits per heavy atom. The van der Waals surface area contributed by atoms with E-state index in [0.717, 1.165) is 17.2 Å². The smallest absolute Gasteiger partial charge is 0.159 e. The topological polar surface area (TPSA) is 74.5 Å². The average molecular weight is 316 g/mol. The Morgan fingerprint density at radius 1 is 1.23 bits per heavy atom. The standard InChI is InChI=1S/C15H14ClN5O/c16-11-7-10(3-4-12(11)22)18-13-8-15(19-9-1-2-9)21-14(20-13)5-6-17-21/h3-9,19,22H,1-2H2,(H,18,20). The minimum absolute atomic E-state index is 0.0579. The molecule has 22 heavy (non-hydrogen) atoms. The van der Waals surface area contributed by atoms with E-state index in [-0.39, 0.29) is 5.75 Å². The highest BCUT2D eigenvalue weighted by Gasteiger charge is 2.22. The molecular weight excluding hydrogens is 302 g/mol. The van der Waals surface area contributed by atoms with Gasteiger partial charge in [-0.1, -0.05) is 11.6 Å². The van der Waals surface area contributed by atoms with Crippen LogP contribution < -0.4 is 10.6 Å². The number of aromatic hydroxyl groups is 1. The van der Waals surface area contributed by atoms with Gasteiger partial charge in [-0.3, -0.25) is 0 Å². The first kappa shape index (κ1) is 13.2. The Bertz CT molecular complexity index is 843. The van der Waals surface area contributed by atoms with Gasteiger partial charge in [-0.2, -0.15) is 9.61 Å². The number of anilines is 3. The van der Waals surface area contributed by atoms with E-state index in [1.165, 1.54) is 12.8 Å². The number of rotatable bonds is 4. The van der Waals surface area contributed by atoms with Crippen molar-refractivity contribution in [3.8, 4) is 5.75 Å². The number of phenols is 1. The molecule has 7 heteroatoms. The van der Waals surface area contributed by atoms with Crippen molar-refractivity contribution in [3.63, 3.8) is 0 Å². The number of benzene rings is 1. The van der Waals surface area contributed by atoms with Crippen LogP contribution in [0.2, 0.25) is 5.02 Å². The zero-order chi connectivity index (χ0) is 15.1. The fourth-order valence-electron chi connectivity index (χ4n) is 2.25. The second-order valence-electron chi connectivity index (χ2n) is 5.34. The second-order valence-corrected chi connectivity index (χ2v) is 5.74. The van der Waals surface area contributed by atoms with E-state index in [1.807, 2.05) is 12.1 Å². The number of phenolic OH excluding ortho intramolecular Hbond substituents is 1. The van der Waals surface area contributed by atoms with E-state index >= 15 is 0 Å². The fourth-order valence-corrected chi connectivity index (χ4v) is 2.43. The highest BCUT2D eigenvalue weighted by Crippen LogP contribution is 2.29. The molecule has 0 bridgehead atoms. The summed E-state index contributed by atoms with van der Waals surface area (Å²) in [5.41, 5.74) is 1.52. The van der Waals surface area contributed by atoms with Crippen molar-refractivity contribution in [1.82, 2.24) is 14.6 Å². The molecule has 4 rings (SSSR count). The van der Waals surface area contributed by atoms with Crippen LogP contribution in [0.4, 0.5) is 17.3 Å². The van der Waals surface area contributed by atoms with E-state index in [1.54, 1.807) is 28.9 Å². The molecule has 0 spiro atoms. The Kier molecular flexibility index (Phi) is 3.04. The molecule has 0 atom stereocenters. The zero-order valence-electron chi connectivity index (χ0n) is 11.6. The van der Waals surface area contributed by atoms with E-state index in [2.05, 4.69) is 20.7 Å². The maximum atomic E-state index is 9.48. The predicted molar refractivity (Wildman–Crippen MR) is 86.0 cm³/mol. The van der Waals surface area contributed by atoms with Crippen LogP contribution in [0.3, 0.4) is 0 Å². The summed E-state index contributed by atoms with van der Waals surface area (Å²) in [6.45, 7) is 0. The minimum Gasteiger partial charge on any atom is -0.506 e. The molecule has 1 aromatic carbocycles. The van der Waals surface area contributed by atoms with Gasteiger partial charge in [0.2, 0.25) is 0 Å². The lowest BCUT2D eigenvalue weighted by Gasteiger charge is -2.11. The maximum absolute atomic E-state index is 9.48. The number of nitrogens with zero attached hydrogens (tertiary/aromatic N) is 3. The summed E-state index contributed by atoms with van der Waals surface area (Å²) in [7, 11) is 0. The van der Waals surface area contributed by atoms with Crippen LogP contribution in [-0.2, 0) is 0 Å². The lowest BCUT2D eigenvalue weighted by atomic mass is 10.3. The highest BCUT2D eigenvalue weighted by molar-refractivity contribution is 6.32. The molecule has 3 aromatic rings. The monoisotopic (exact) mass is 315 g/mol. The van der Waals surface area contributed by atoms with E-state index in [4.69, 9.17) is 11.6 Å². The summed E-state index contributed by atoms with van der Waals surface area (Å²) >= 11 is 5.93. The molecule has 6 nitrogen and oxygen atoms in total. The van der Waals surface area contributed by atoms with Crippen LogP contribution >= 0.6 is 11.6 Å². The van der Waals surface area contributed by atoms with E-state index in [0.29, 0.717) is 16.9 Å². The molecule has 0 aliphatic heterocycles. The first-order valence-corrected chi connectivity index (χ1v) is 7.44. The quantitative estimate of drug-likeness (QED) is 0.643. The van der Waals surface area contributed by atoms with Crippen molar-refractivity contribution in [2.45, 2.75) is 18.9 Å². The summed E-state index contributed by atoms with van der Waals surface area (Å²) in [6.07, 6.45) is 4.09. The number of halogens is 1. The molecule has 1 aliphatic rings. The van der Waals surface area contributed by atoms with Crippen LogP contribution in [0.1, 0.15) is 12.8 Å². The molecule has 3 N–H and O–H groups in total. The van der Waals surface area contributed by atoms with Crippen molar-refractivity contribution in [2.24, 2.45) is 0 Å². The minimum atomic E-state index is 0.0579. The van der Waals surface area contributed by atoms with Gasteiger partial charge in [0.25, 0.3) is 0 Å². The molecule has 0 amide bonds. The van der Waals surface area contributed by atoms with Gasteiger partial charge in [0.05, 0.1) is 11.2 Å². The number of aromatic nitrogens is 3. The molecule has 1 fully saturated rings. The van der Waals surface area contributed by atoms with Crippen LogP contribution in [0.15, 0.2) is 36.5 Å². The van der Waals surface area contributed by atoms with Gasteiger partial charge in [-0.15, -0.1) is 0 Å². The molecule has 1 saturated carbocycles. The van der Waals surface area contributed by atoms with Crippen molar-refractivity contribution in [3.05, 3.63) is 41.6 Å². The molecule has 0 saturated heterocycles. The molecule has 2 aromatic heterocycles. The normalized spacial score (nSPS) is 14.2. The molecule has 2 heterocycles. The number of fused-ring (bicyclic) bond motifs is 1. The van der Waals surface area contributed by atoms with E-state index < -0.39 is 0 Å². The van der Waals surface area contributed by atoms with Gasteiger partial charge in [0.15, 0.2) is 5.65 Å². The van der Waals surface area contributed by atoms with E-state index in [9.17, 15) is 5.11 Å². The Labute approximate surface area is 131 Å². The van der Waals surface area contributed by atoms with Gasteiger partial charge in [0.1, 0.15) is 17.4 Å². The predicted octanol–water partition coefficient (Wildman–Crippen LogP) is 3.41. The van der Waals surface area contributed by atoms with Crippen LogP contribution in [0.25, 0.3) is 5.65 Å². The van der Waals surface area contributed by atoms with Gasteiger partial charge in [-0.05, 0) is 31.0 Å². The summed E-state index contributed by atoms with van der Waals surface area (Å²) < 4.78 is 1.79. The van der Waals surface area contributed by atoms with Gasteiger partial charge in [-0.25, -0.2) is 4.98 Å². The molecule has 1 aliphatic carbocycles. The fraction of sp³-hybridized carbons (Fsp3) is 0.200. The third kappa shape index (κ3) is 2.53. The van der Waals surface area contributed by atoms with Crippen molar-refractivity contribution in [1.29, 1.82) is 0 Å². The highest BCUT2D eigenvalue weighted by atomic mass is 35.5. The lowest BCUT2D eigenvalue weighted by molar-refractivity contribution is 0.475. The van der Waals surface area contributed by atoms with Crippen molar-refractivity contribution < 1.29 is 5.11 Å². The molecular formula is C15H14ClN5O. The lowest BCUT2D eigenvalue weighted by Crippen LogP contribution is -2.08. The molecule has 0 unspecified atom stereocenters. The third-order valence-corrected chi connectivity index (χ3v) is 3.81. The Morgan fingerprint density at radius 2 is 2.09 bits per heavy atom. The van der Waals surface area contributed by atoms with Gasteiger partial charge < -0.3 is 15.7 Å². The van der Waals surface area contributed by atoms with Crippen LogP contribution in [0.5, 0.6) is 5.75 Å². The van der Waals surface area contributed by atoms with Crippen LogP contribution in [0, 0.1) is 0 Å². The number of nitrogens with one attached hydrogen (secondary N) is 2. The van der Waals surface area contributed by atoms with Gasteiger partial charge >= 0.3 is 0 Å². The first-order chi connectivity index (χ1) is 10.7. The Hall–Kier alpha value is -2.47. The largest absolute Gasteiger partial charge is 0.506 e. The maximum Gasteiger partial charge on any atom is 0.159 e. The van der Waals surface area contributed by atoms with Crippen molar-refractivity contribution >= 4 is 34.6 Å². The second kappa shape index (κ2) is 5.06. The van der Waals surface area contributed by atoms with Crippen molar-refractivity contribution in [2.75, 3.05) is 10.6 Å². The SMILES string of the molecule is Oc1ccc(Nc2cc(NC3CC3)n3nccc3n2)cc1Cl. The summed E-state index contributed by atoms with van der Waals surface area (Å²) in [4.78, 5) is 4.51. The number of hydrogen-bond donors (Lipinski definition) is 3. The molecule has 112 valence electrons.